The SMILES string of the molecule is CCOCn1cc(CNCCOC)c2ccc(Cl)cc21. The Hall–Kier alpha value is -1.07. The molecule has 0 bridgehead atoms. The lowest BCUT2D eigenvalue weighted by atomic mass is 10.2. The van der Waals surface area contributed by atoms with Gasteiger partial charge in [0.1, 0.15) is 6.73 Å². The van der Waals surface area contributed by atoms with E-state index in [1.165, 1.54) is 10.9 Å². The summed E-state index contributed by atoms with van der Waals surface area (Å²) in [6.07, 6.45) is 2.12. The van der Waals surface area contributed by atoms with E-state index in [4.69, 9.17) is 21.1 Å². The number of hydrogen-bond donors (Lipinski definition) is 1. The van der Waals surface area contributed by atoms with Crippen LogP contribution in [-0.4, -0.2) is 31.4 Å². The van der Waals surface area contributed by atoms with Gasteiger partial charge in [0.2, 0.25) is 0 Å². The Morgan fingerprint density at radius 3 is 2.95 bits per heavy atom. The molecule has 1 heterocycles. The first-order valence-electron chi connectivity index (χ1n) is 6.81. The summed E-state index contributed by atoms with van der Waals surface area (Å²) in [6, 6.07) is 5.97. The highest BCUT2D eigenvalue weighted by Gasteiger charge is 2.08. The van der Waals surface area contributed by atoms with E-state index in [1.54, 1.807) is 7.11 Å². The Bertz CT molecular complexity index is 554. The van der Waals surface area contributed by atoms with Crippen LogP contribution in [0, 0.1) is 0 Å². The number of nitrogens with zero attached hydrogens (tertiary/aromatic N) is 1. The number of halogens is 1. The minimum atomic E-state index is 0.547. The van der Waals surface area contributed by atoms with Gasteiger partial charge in [-0.3, -0.25) is 0 Å². The van der Waals surface area contributed by atoms with Crippen LogP contribution in [0.1, 0.15) is 12.5 Å². The molecule has 20 heavy (non-hydrogen) atoms. The Balaban J connectivity index is 2.20. The number of nitrogens with one attached hydrogen (secondary N) is 1. The second-order valence-corrected chi connectivity index (χ2v) is 5.01. The van der Waals surface area contributed by atoms with E-state index in [2.05, 4.69) is 22.1 Å². The van der Waals surface area contributed by atoms with Crippen LogP contribution in [0.25, 0.3) is 10.9 Å². The number of methoxy groups -OCH3 is 1. The van der Waals surface area contributed by atoms with E-state index >= 15 is 0 Å². The molecule has 0 aliphatic rings. The van der Waals surface area contributed by atoms with Crippen molar-refractivity contribution in [1.82, 2.24) is 9.88 Å². The second kappa shape index (κ2) is 7.64. The zero-order valence-electron chi connectivity index (χ0n) is 12.0. The molecule has 110 valence electrons. The highest BCUT2D eigenvalue weighted by Crippen LogP contribution is 2.25. The van der Waals surface area contributed by atoms with E-state index < -0.39 is 0 Å². The molecule has 0 fully saturated rings. The average Bonchev–Trinajstić information content (AvgIpc) is 2.79. The summed E-state index contributed by atoms with van der Waals surface area (Å²) in [4.78, 5) is 0. The average molecular weight is 297 g/mol. The largest absolute Gasteiger partial charge is 0.383 e. The number of fused-ring (bicyclic) bond motifs is 1. The lowest BCUT2D eigenvalue weighted by Crippen LogP contribution is -2.18. The van der Waals surface area contributed by atoms with E-state index in [-0.39, 0.29) is 0 Å². The van der Waals surface area contributed by atoms with Crippen LogP contribution in [0.4, 0.5) is 0 Å². The van der Waals surface area contributed by atoms with Crippen LogP contribution in [0.5, 0.6) is 0 Å². The number of benzene rings is 1. The van der Waals surface area contributed by atoms with Gasteiger partial charge in [-0.1, -0.05) is 17.7 Å². The van der Waals surface area contributed by atoms with Gasteiger partial charge in [0.15, 0.2) is 0 Å². The lowest BCUT2D eigenvalue weighted by Gasteiger charge is -2.04. The molecule has 0 atom stereocenters. The van der Waals surface area contributed by atoms with Crippen LogP contribution in [0.3, 0.4) is 0 Å². The minimum Gasteiger partial charge on any atom is -0.383 e. The summed E-state index contributed by atoms with van der Waals surface area (Å²) in [7, 11) is 1.71. The molecule has 0 saturated heterocycles. The van der Waals surface area contributed by atoms with E-state index in [0.717, 1.165) is 23.6 Å². The standard InChI is InChI=1S/C15H21ClN2O2/c1-3-20-11-18-10-12(9-17-6-7-19-2)14-5-4-13(16)8-15(14)18/h4-5,8,10,17H,3,6-7,9,11H2,1-2H3. The molecule has 0 unspecified atom stereocenters. The molecule has 0 amide bonds. The van der Waals surface area contributed by atoms with Crippen LogP contribution in [0.2, 0.25) is 5.02 Å². The molecule has 0 spiro atoms. The van der Waals surface area contributed by atoms with Crippen molar-refractivity contribution in [3.05, 3.63) is 35.0 Å². The highest BCUT2D eigenvalue weighted by atomic mass is 35.5. The van der Waals surface area contributed by atoms with Gasteiger partial charge in [-0.2, -0.15) is 0 Å². The summed E-state index contributed by atoms with van der Waals surface area (Å²) in [5, 5.41) is 5.32. The molecular weight excluding hydrogens is 276 g/mol. The number of ether oxygens (including phenoxy) is 2. The Morgan fingerprint density at radius 2 is 2.20 bits per heavy atom. The van der Waals surface area contributed by atoms with Crippen molar-refractivity contribution >= 4 is 22.5 Å². The Labute approximate surface area is 124 Å². The van der Waals surface area contributed by atoms with E-state index in [0.29, 0.717) is 19.9 Å². The number of rotatable bonds is 8. The van der Waals surface area contributed by atoms with Gasteiger partial charge < -0.3 is 19.4 Å². The van der Waals surface area contributed by atoms with Crippen molar-refractivity contribution in [3.63, 3.8) is 0 Å². The first-order valence-corrected chi connectivity index (χ1v) is 7.18. The second-order valence-electron chi connectivity index (χ2n) is 4.58. The fourth-order valence-corrected chi connectivity index (χ4v) is 2.34. The fourth-order valence-electron chi connectivity index (χ4n) is 2.18. The van der Waals surface area contributed by atoms with Gasteiger partial charge in [-0.05, 0) is 24.6 Å². The maximum Gasteiger partial charge on any atom is 0.122 e. The molecule has 0 aliphatic carbocycles. The van der Waals surface area contributed by atoms with Crippen LogP contribution in [-0.2, 0) is 22.7 Å². The normalized spacial score (nSPS) is 11.3. The molecule has 1 N–H and O–H groups in total. The first-order chi connectivity index (χ1) is 9.76. The quantitative estimate of drug-likeness (QED) is 0.761. The molecule has 1 aromatic heterocycles. The van der Waals surface area contributed by atoms with Crippen molar-refractivity contribution in [2.75, 3.05) is 26.9 Å². The first kappa shape index (κ1) is 15.3. The highest BCUT2D eigenvalue weighted by molar-refractivity contribution is 6.31. The predicted octanol–water partition coefficient (Wildman–Crippen LogP) is 3.02. The smallest absolute Gasteiger partial charge is 0.122 e. The molecule has 4 nitrogen and oxygen atoms in total. The zero-order valence-corrected chi connectivity index (χ0v) is 12.7. The number of aromatic nitrogens is 1. The third-order valence-corrected chi connectivity index (χ3v) is 3.39. The zero-order chi connectivity index (χ0) is 14.4. The maximum absolute atomic E-state index is 6.09. The topological polar surface area (TPSA) is 35.4 Å². The Morgan fingerprint density at radius 1 is 1.35 bits per heavy atom. The van der Waals surface area contributed by atoms with Crippen LogP contribution < -0.4 is 5.32 Å². The molecule has 5 heteroatoms. The van der Waals surface area contributed by atoms with Gasteiger partial charge in [0.05, 0.1) is 12.1 Å². The maximum atomic E-state index is 6.09. The van der Waals surface area contributed by atoms with E-state index in [9.17, 15) is 0 Å². The van der Waals surface area contributed by atoms with Crippen LogP contribution >= 0.6 is 11.6 Å². The Kier molecular flexibility index (Phi) is 5.86. The van der Waals surface area contributed by atoms with Crippen molar-refractivity contribution in [3.8, 4) is 0 Å². The molecule has 2 rings (SSSR count). The monoisotopic (exact) mass is 296 g/mol. The minimum absolute atomic E-state index is 0.547. The molecule has 0 aliphatic heterocycles. The third kappa shape index (κ3) is 3.73. The summed E-state index contributed by atoms with van der Waals surface area (Å²) >= 11 is 6.09. The van der Waals surface area contributed by atoms with E-state index in [1.807, 2.05) is 19.1 Å². The third-order valence-electron chi connectivity index (χ3n) is 3.16. The van der Waals surface area contributed by atoms with Gasteiger partial charge in [-0.25, -0.2) is 0 Å². The fraction of sp³-hybridized carbons (Fsp3) is 0.467. The number of hydrogen-bond acceptors (Lipinski definition) is 3. The summed E-state index contributed by atoms with van der Waals surface area (Å²) in [5.74, 6) is 0. The molecule has 0 radical (unpaired) electrons. The van der Waals surface area contributed by atoms with Crippen molar-refractivity contribution < 1.29 is 9.47 Å². The lowest BCUT2D eigenvalue weighted by molar-refractivity contribution is 0.0908. The summed E-state index contributed by atoms with van der Waals surface area (Å²) < 4.78 is 12.6. The van der Waals surface area contributed by atoms with Crippen molar-refractivity contribution in [1.29, 1.82) is 0 Å². The molecule has 1 aromatic carbocycles. The predicted molar refractivity (Wildman–Crippen MR) is 82.2 cm³/mol. The summed E-state index contributed by atoms with van der Waals surface area (Å²) in [5.41, 5.74) is 2.35. The molecular formula is C15H21ClN2O2. The van der Waals surface area contributed by atoms with Crippen molar-refractivity contribution in [2.24, 2.45) is 0 Å². The summed E-state index contributed by atoms with van der Waals surface area (Å²) in [6.45, 7) is 5.59. The van der Waals surface area contributed by atoms with Gasteiger partial charge >= 0.3 is 0 Å². The van der Waals surface area contributed by atoms with Crippen LogP contribution in [0.15, 0.2) is 24.4 Å². The van der Waals surface area contributed by atoms with Crippen molar-refractivity contribution in [2.45, 2.75) is 20.2 Å². The van der Waals surface area contributed by atoms with Gasteiger partial charge in [0.25, 0.3) is 0 Å². The van der Waals surface area contributed by atoms with Gasteiger partial charge in [0, 0.05) is 43.4 Å². The molecule has 2 aromatic rings. The molecule has 0 saturated carbocycles. The van der Waals surface area contributed by atoms with Gasteiger partial charge in [-0.15, -0.1) is 0 Å².